The molecule has 24 heavy (non-hydrogen) atoms. The van der Waals surface area contributed by atoms with Crippen molar-refractivity contribution in [1.82, 2.24) is 5.32 Å². The summed E-state index contributed by atoms with van der Waals surface area (Å²) in [7, 11) is 3.11. The average Bonchev–Trinajstić information content (AvgIpc) is 2.55. The van der Waals surface area contributed by atoms with Gasteiger partial charge in [-0.15, -0.1) is 0 Å². The Balaban J connectivity index is 2.11. The molecule has 0 bridgehead atoms. The third-order valence-corrected chi connectivity index (χ3v) is 3.90. The van der Waals surface area contributed by atoms with Crippen molar-refractivity contribution in [1.29, 1.82) is 0 Å². The summed E-state index contributed by atoms with van der Waals surface area (Å²) in [6.07, 6.45) is 0. The molecule has 2 N–H and O–H groups in total. The molecule has 0 aliphatic heterocycles. The predicted molar refractivity (Wildman–Crippen MR) is 96.2 cm³/mol. The van der Waals surface area contributed by atoms with E-state index in [1.807, 2.05) is 26.0 Å². The Hall–Kier alpha value is -2.40. The van der Waals surface area contributed by atoms with Crippen LogP contribution in [0.4, 0.5) is 10.5 Å². The van der Waals surface area contributed by atoms with E-state index in [2.05, 4.69) is 10.6 Å². The molecule has 6 heteroatoms. The van der Waals surface area contributed by atoms with Crippen LogP contribution < -0.4 is 20.1 Å². The van der Waals surface area contributed by atoms with Crippen LogP contribution in [0.25, 0.3) is 0 Å². The number of methoxy groups -OCH3 is 2. The number of benzene rings is 2. The summed E-state index contributed by atoms with van der Waals surface area (Å²) < 4.78 is 10.4. The number of amides is 2. The van der Waals surface area contributed by atoms with E-state index in [4.69, 9.17) is 21.1 Å². The zero-order chi connectivity index (χ0) is 17.7. The number of carbonyl (C=O) groups is 1. The van der Waals surface area contributed by atoms with Crippen LogP contribution in [-0.4, -0.2) is 20.3 Å². The summed E-state index contributed by atoms with van der Waals surface area (Å²) in [6, 6.07) is 12.2. The lowest BCUT2D eigenvalue weighted by molar-refractivity contribution is 0.241. The largest absolute Gasteiger partial charge is 0.497 e. The number of ether oxygens (including phenoxy) is 2. The van der Waals surface area contributed by atoms with E-state index < -0.39 is 5.54 Å². The molecule has 5 nitrogen and oxygen atoms in total. The fourth-order valence-corrected chi connectivity index (χ4v) is 2.40. The molecule has 0 aliphatic carbocycles. The molecule has 0 saturated heterocycles. The fourth-order valence-electron chi connectivity index (χ4n) is 2.28. The summed E-state index contributed by atoms with van der Waals surface area (Å²) in [4.78, 5) is 12.4. The van der Waals surface area contributed by atoms with Crippen LogP contribution in [0.3, 0.4) is 0 Å². The highest BCUT2D eigenvalue weighted by atomic mass is 35.5. The van der Waals surface area contributed by atoms with Crippen molar-refractivity contribution in [2.24, 2.45) is 0 Å². The first-order chi connectivity index (χ1) is 11.4. The van der Waals surface area contributed by atoms with Crippen LogP contribution in [-0.2, 0) is 5.54 Å². The van der Waals surface area contributed by atoms with Crippen LogP contribution in [0.2, 0.25) is 5.02 Å². The Labute approximate surface area is 146 Å². The number of rotatable bonds is 5. The Morgan fingerprint density at radius 1 is 1.04 bits per heavy atom. The van der Waals surface area contributed by atoms with Crippen molar-refractivity contribution >= 4 is 23.3 Å². The molecule has 2 rings (SSSR count). The van der Waals surface area contributed by atoms with E-state index >= 15 is 0 Å². The second-order valence-electron chi connectivity index (χ2n) is 5.78. The second kappa shape index (κ2) is 7.45. The highest BCUT2D eigenvalue weighted by Crippen LogP contribution is 2.29. The maximum Gasteiger partial charge on any atom is 0.320 e. The molecular weight excluding hydrogens is 328 g/mol. The molecule has 0 aromatic heterocycles. The molecule has 128 valence electrons. The molecule has 0 heterocycles. The zero-order valence-electron chi connectivity index (χ0n) is 14.1. The lowest BCUT2D eigenvalue weighted by Crippen LogP contribution is -2.43. The zero-order valence-corrected chi connectivity index (χ0v) is 14.9. The number of hydrogen-bond acceptors (Lipinski definition) is 3. The van der Waals surface area contributed by atoms with E-state index in [0.29, 0.717) is 22.2 Å². The minimum absolute atomic E-state index is 0.335. The van der Waals surface area contributed by atoms with Gasteiger partial charge < -0.3 is 20.1 Å². The van der Waals surface area contributed by atoms with E-state index in [0.717, 1.165) is 5.56 Å². The molecule has 0 fully saturated rings. The summed E-state index contributed by atoms with van der Waals surface area (Å²) in [5.74, 6) is 1.17. The molecule has 0 atom stereocenters. The van der Waals surface area contributed by atoms with Gasteiger partial charge in [0.15, 0.2) is 0 Å². The van der Waals surface area contributed by atoms with Gasteiger partial charge in [-0.25, -0.2) is 4.79 Å². The molecule has 0 unspecified atom stereocenters. The highest BCUT2D eigenvalue weighted by Gasteiger charge is 2.23. The van der Waals surface area contributed by atoms with E-state index in [-0.39, 0.29) is 6.03 Å². The van der Waals surface area contributed by atoms with Gasteiger partial charge in [0.05, 0.1) is 25.4 Å². The summed E-state index contributed by atoms with van der Waals surface area (Å²) >= 11 is 5.91. The molecule has 0 radical (unpaired) electrons. The van der Waals surface area contributed by atoms with Gasteiger partial charge in [0.2, 0.25) is 0 Å². The average molecular weight is 349 g/mol. The Morgan fingerprint density at radius 2 is 1.71 bits per heavy atom. The molecule has 0 saturated carbocycles. The Morgan fingerprint density at radius 3 is 2.29 bits per heavy atom. The van der Waals surface area contributed by atoms with Gasteiger partial charge >= 0.3 is 6.03 Å². The SMILES string of the molecule is COc1ccc(NC(=O)NC(C)(C)c2ccc(Cl)cc2)c(OC)c1. The maximum atomic E-state index is 12.4. The van der Waals surface area contributed by atoms with Gasteiger partial charge in [-0.3, -0.25) is 0 Å². The summed E-state index contributed by atoms with van der Waals surface area (Å²) in [5, 5.41) is 6.39. The van der Waals surface area contributed by atoms with E-state index in [1.54, 1.807) is 37.4 Å². The topological polar surface area (TPSA) is 59.6 Å². The number of carbonyl (C=O) groups excluding carboxylic acids is 1. The molecule has 2 aromatic rings. The quantitative estimate of drug-likeness (QED) is 0.841. The molecule has 0 aliphatic rings. The minimum Gasteiger partial charge on any atom is -0.497 e. The van der Waals surface area contributed by atoms with E-state index in [9.17, 15) is 4.79 Å². The summed E-state index contributed by atoms with van der Waals surface area (Å²) in [5.41, 5.74) is 0.945. The highest BCUT2D eigenvalue weighted by molar-refractivity contribution is 6.30. The van der Waals surface area contributed by atoms with Crippen molar-refractivity contribution in [3.05, 3.63) is 53.1 Å². The standard InChI is InChI=1S/C18H21ClN2O3/c1-18(2,12-5-7-13(19)8-6-12)21-17(22)20-15-10-9-14(23-3)11-16(15)24-4/h5-11H,1-4H3,(H2,20,21,22). The molecule has 2 amide bonds. The van der Waals surface area contributed by atoms with Gasteiger partial charge in [-0.1, -0.05) is 23.7 Å². The molecule has 2 aromatic carbocycles. The number of nitrogens with one attached hydrogen (secondary N) is 2. The lowest BCUT2D eigenvalue weighted by Gasteiger charge is -2.27. The molecule has 0 spiro atoms. The first-order valence-corrected chi connectivity index (χ1v) is 7.81. The third-order valence-electron chi connectivity index (χ3n) is 3.65. The minimum atomic E-state index is -0.561. The number of hydrogen-bond donors (Lipinski definition) is 2. The van der Waals surface area contributed by atoms with Gasteiger partial charge in [0, 0.05) is 11.1 Å². The van der Waals surface area contributed by atoms with Gasteiger partial charge in [0.25, 0.3) is 0 Å². The lowest BCUT2D eigenvalue weighted by atomic mass is 9.94. The predicted octanol–water partition coefficient (Wildman–Crippen LogP) is 4.41. The van der Waals surface area contributed by atoms with Gasteiger partial charge in [-0.05, 0) is 43.7 Å². The van der Waals surface area contributed by atoms with Crippen molar-refractivity contribution in [2.75, 3.05) is 19.5 Å². The van der Waals surface area contributed by atoms with Crippen LogP contribution in [0.1, 0.15) is 19.4 Å². The number of urea groups is 1. The monoisotopic (exact) mass is 348 g/mol. The fraction of sp³-hybridized carbons (Fsp3) is 0.278. The smallest absolute Gasteiger partial charge is 0.320 e. The van der Waals surface area contributed by atoms with E-state index in [1.165, 1.54) is 7.11 Å². The first kappa shape index (κ1) is 17.9. The number of anilines is 1. The van der Waals surface area contributed by atoms with Crippen LogP contribution in [0.15, 0.2) is 42.5 Å². The maximum absolute atomic E-state index is 12.4. The van der Waals surface area contributed by atoms with Gasteiger partial charge in [0.1, 0.15) is 11.5 Å². The Kier molecular flexibility index (Phi) is 5.57. The third kappa shape index (κ3) is 4.32. The van der Waals surface area contributed by atoms with Gasteiger partial charge in [-0.2, -0.15) is 0 Å². The van der Waals surface area contributed by atoms with Crippen molar-refractivity contribution in [3.8, 4) is 11.5 Å². The van der Waals surface area contributed by atoms with Crippen LogP contribution >= 0.6 is 11.6 Å². The van der Waals surface area contributed by atoms with Crippen LogP contribution in [0.5, 0.6) is 11.5 Å². The first-order valence-electron chi connectivity index (χ1n) is 7.43. The number of halogens is 1. The van der Waals surface area contributed by atoms with Crippen molar-refractivity contribution < 1.29 is 14.3 Å². The van der Waals surface area contributed by atoms with Crippen molar-refractivity contribution in [2.45, 2.75) is 19.4 Å². The summed E-state index contributed by atoms with van der Waals surface area (Å²) in [6.45, 7) is 3.84. The van der Waals surface area contributed by atoms with Crippen molar-refractivity contribution in [3.63, 3.8) is 0 Å². The molecular formula is C18H21ClN2O3. The Bertz CT molecular complexity index is 715. The normalized spacial score (nSPS) is 10.9. The second-order valence-corrected chi connectivity index (χ2v) is 6.21. The van der Waals surface area contributed by atoms with Crippen LogP contribution in [0, 0.1) is 0 Å².